The van der Waals surface area contributed by atoms with Gasteiger partial charge in [-0.05, 0) is 43.0 Å². The van der Waals surface area contributed by atoms with Crippen molar-refractivity contribution in [2.24, 2.45) is 0 Å². The first-order valence-corrected chi connectivity index (χ1v) is 10.0. The summed E-state index contributed by atoms with van der Waals surface area (Å²) in [7, 11) is 0. The number of hydrogen-bond acceptors (Lipinski definition) is 6. The minimum Gasteiger partial charge on any atom is -0.482 e. The molecule has 0 saturated carbocycles. The number of rotatable bonds is 8. The van der Waals surface area contributed by atoms with Crippen LogP contribution in [0.4, 0.5) is 0 Å². The first-order chi connectivity index (χ1) is 14.4. The van der Waals surface area contributed by atoms with Crippen molar-refractivity contribution < 1.29 is 23.4 Å². The molecule has 0 fully saturated rings. The molecule has 0 bridgehead atoms. The minimum atomic E-state index is -0.446. The van der Waals surface area contributed by atoms with E-state index in [4.69, 9.17) is 18.6 Å². The topological polar surface area (TPSA) is 75.0 Å². The molecule has 1 aromatic heterocycles. The predicted octanol–water partition coefficient (Wildman–Crippen LogP) is 5.43. The minimum absolute atomic E-state index is 0.112. The number of esters is 1. The van der Waals surface area contributed by atoms with Crippen molar-refractivity contribution in [1.29, 1.82) is 0 Å². The number of para-hydroxylation sites is 1. The van der Waals surface area contributed by atoms with E-state index in [0.29, 0.717) is 22.5 Å². The fourth-order valence-corrected chi connectivity index (χ4v) is 2.90. The van der Waals surface area contributed by atoms with Gasteiger partial charge in [-0.2, -0.15) is 0 Å². The Morgan fingerprint density at radius 1 is 1.07 bits per heavy atom. The highest BCUT2D eigenvalue weighted by Crippen LogP contribution is 2.30. The molecule has 0 aliphatic heterocycles. The van der Waals surface area contributed by atoms with Gasteiger partial charge in [-0.25, -0.2) is 4.79 Å². The quantitative estimate of drug-likeness (QED) is 0.461. The third-order valence-corrected chi connectivity index (χ3v) is 4.74. The van der Waals surface area contributed by atoms with Gasteiger partial charge in [-0.3, -0.25) is 4.79 Å². The number of carbonyl (C=O) groups is 1. The Balaban J connectivity index is 1.78. The number of ether oxygens (including phenoxy) is 3. The Morgan fingerprint density at radius 2 is 1.83 bits per heavy atom. The summed E-state index contributed by atoms with van der Waals surface area (Å²) in [5.74, 6) is 0.949. The molecular weight excluding hydrogens is 384 g/mol. The van der Waals surface area contributed by atoms with Crippen LogP contribution in [-0.4, -0.2) is 18.7 Å². The SMILES string of the molecule is CC[C@@H](C)OC(=O)COc1ccc2c(=O)c(Oc3ccccc3C(C)C)coc2c1. The van der Waals surface area contributed by atoms with E-state index in [1.807, 2.05) is 38.1 Å². The molecule has 3 aromatic rings. The molecule has 0 unspecified atom stereocenters. The van der Waals surface area contributed by atoms with Gasteiger partial charge in [0.25, 0.3) is 0 Å². The molecule has 158 valence electrons. The van der Waals surface area contributed by atoms with E-state index >= 15 is 0 Å². The van der Waals surface area contributed by atoms with Crippen LogP contribution in [0.25, 0.3) is 11.0 Å². The predicted molar refractivity (Wildman–Crippen MR) is 114 cm³/mol. The first-order valence-electron chi connectivity index (χ1n) is 10.0. The smallest absolute Gasteiger partial charge is 0.344 e. The van der Waals surface area contributed by atoms with Gasteiger partial charge in [-0.15, -0.1) is 0 Å². The molecule has 0 radical (unpaired) electrons. The van der Waals surface area contributed by atoms with Crippen LogP contribution < -0.4 is 14.9 Å². The Kier molecular flexibility index (Phi) is 6.77. The summed E-state index contributed by atoms with van der Waals surface area (Å²) in [6, 6.07) is 12.4. The average Bonchev–Trinajstić information content (AvgIpc) is 2.74. The Bertz CT molecular complexity index is 1080. The van der Waals surface area contributed by atoms with Gasteiger partial charge in [0.1, 0.15) is 23.3 Å². The lowest BCUT2D eigenvalue weighted by molar-refractivity contribution is -0.150. The Morgan fingerprint density at radius 3 is 2.57 bits per heavy atom. The zero-order valence-corrected chi connectivity index (χ0v) is 17.6. The standard InChI is InChI=1S/C24H26O6/c1-5-16(4)29-23(25)14-27-17-10-11-19-21(12-17)28-13-22(24(19)26)30-20-9-7-6-8-18(20)15(2)3/h6-13,15-16H,5,14H2,1-4H3/t16-/m1/s1. The van der Waals surface area contributed by atoms with E-state index in [1.54, 1.807) is 18.2 Å². The van der Waals surface area contributed by atoms with Gasteiger partial charge in [0.2, 0.25) is 11.2 Å². The highest BCUT2D eigenvalue weighted by Gasteiger charge is 2.14. The number of carbonyl (C=O) groups excluding carboxylic acids is 1. The maximum absolute atomic E-state index is 12.8. The Labute approximate surface area is 175 Å². The van der Waals surface area contributed by atoms with E-state index in [9.17, 15) is 9.59 Å². The lowest BCUT2D eigenvalue weighted by atomic mass is 10.0. The summed E-state index contributed by atoms with van der Waals surface area (Å²) in [6.07, 6.45) is 1.87. The van der Waals surface area contributed by atoms with E-state index in [0.717, 1.165) is 12.0 Å². The molecule has 30 heavy (non-hydrogen) atoms. The van der Waals surface area contributed by atoms with E-state index < -0.39 is 5.97 Å². The highest BCUT2D eigenvalue weighted by molar-refractivity contribution is 5.79. The van der Waals surface area contributed by atoms with Gasteiger partial charge >= 0.3 is 5.97 Å². The summed E-state index contributed by atoms with van der Waals surface area (Å²) >= 11 is 0. The normalized spacial score (nSPS) is 12.0. The summed E-state index contributed by atoms with van der Waals surface area (Å²) < 4.78 is 22.1. The second-order valence-corrected chi connectivity index (χ2v) is 7.38. The average molecular weight is 410 g/mol. The van der Waals surface area contributed by atoms with Gasteiger partial charge < -0.3 is 18.6 Å². The fraction of sp³-hybridized carbons (Fsp3) is 0.333. The van der Waals surface area contributed by atoms with Crippen molar-refractivity contribution in [3.63, 3.8) is 0 Å². The summed E-state index contributed by atoms with van der Waals surface area (Å²) in [5, 5.41) is 0.365. The van der Waals surface area contributed by atoms with Crippen LogP contribution in [0.2, 0.25) is 0 Å². The van der Waals surface area contributed by atoms with E-state index in [2.05, 4.69) is 13.8 Å². The third-order valence-electron chi connectivity index (χ3n) is 4.74. The van der Waals surface area contributed by atoms with Crippen LogP contribution in [0, 0.1) is 0 Å². The first kappa shape index (κ1) is 21.4. The van der Waals surface area contributed by atoms with Crippen LogP contribution in [-0.2, 0) is 9.53 Å². The van der Waals surface area contributed by atoms with Crippen molar-refractivity contribution in [2.45, 2.75) is 46.1 Å². The molecule has 0 saturated heterocycles. The van der Waals surface area contributed by atoms with Gasteiger partial charge in [0.15, 0.2) is 6.61 Å². The van der Waals surface area contributed by atoms with E-state index in [1.165, 1.54) is 6.26 Å². The molecule has 0 N–H and O–H groups in total. The summed E-state index contributed by atoms with van der Waals surface area (Å²) in [5.41, 5.74) is 1.07. The van der Waals surface area contributed by atoms with Crippen molar-refractivity contribution in [2.75, 3.05) is 6.61 Å². The van der Waals surface area contributed by atoms with Crippen molar-refractivity contribution in [3.05, 3.63) is 64.5 Å². The number of benzene rings is 2. The van der Waals surface area contributed by atoms with Gasteiger partial charge in [0.05, 0.1) is 11.5 Å². The number of fused-ring (bicyclic) bond motifs is 1. The van der Waals surface area contributed by atoms with Crippen LogP contribution >= 0.6 is 0 Å². The lowest BCUT2D eigenvalue weighted by Gasteiger charge is -2.13. The molecule has 0 aliphatic carbocycles. The van der Waals surface area contributed by atoms with Crippen molar-refractivity contribution in [3.8, 4) is 17.2 Å². The van der Waals surface area contributed by atoms with Crippen molar-refractivity contribution >= 4 is 16.9 Å². The molecule has 2 aromatic carbocycles. The molecule has 1 heterocycles. The number of hydrogen-bond donors (Lipinski definition) is 0. The third kappa shape index (κ3) is 5.00. The second-order valence-electron chi connectivity index (χ2n) is 7.38. The van der Waals surface area contributed by atoms with Crippen LogP contribution in [0.3, 0.4) is 0 Å². The largest absolute Gasteiger partial charge is 0.482 e. The molecule has 6 nitrogen and oxygen atoms in total. The van der Waals surface area contributed by atoms with Crippen LogP contribution in [0.1, 0.15) is 45.6 Å². The van der Waals surface area contributed by atoms with Crippen molar-refractivity contribution in [1.82, 2.24) is 0 Å². The summed E-state index contributed by atoms with van der Waals surface area (Å²) in [4.78, 5) is 24.6. The maximum Gasteiger partial charge on any atom is 0.344 e. The maximum atomic E-state index is 12.8. The second kappa shape index (κ2) is 9.48. The highest BCUT2D eigenvalue weighted by atomic mass is 16.6. The van der Waals surface area contributed by atoms with Crippen LogP contribution in [0.15, 0.2) is 57.9 Å². The van der Waals surface area contributed by atoms with E-state index in [-0.39, 0.29) is 29.8 Å². The molecule has 3 rings (SSSR count). The zero-order chi connectivity index (χ0) is 21.7. The molecule has 1 atom stereocenters. The van der Waals surface area contributed by atoms with Gasteiger partial charge in [-0.1, -0.05) is 39.0 Å². The molecule has 0 amide bonds. The summed E-state index contributed by atoms with van der Waals surface area (Å²) in [6.45, 7) is 7.66. The lowest BCUT2D eigenvalue weighted by Crippen LogP contribution is -2.20. The fourth-order valence-electron chi connectivity index (χ4n) is 2.90. The molecule has 0 spiro atoms. The molecule has 0 aliphatic rings. The monoisotopic (exact) mass is 410 g/mol. The van der Waals surface area contributed by atoms with Gasteiger partial charge in [0, 0.05) is 6.07 Å². The van der Waals surface area contributed by atoms with Crippen LogP contribution in [0.5, 0.6) is 17.2 Å². The molecule has 6 heteroatoms. The molecular formula is C24H26O6. The Hall–Kier alpha value is -3.28. The zero-order valence-electron chi connectivity index (χ0n) is 17.6.